The Morgan fingerprint density at radius 1 is 1.40 bits per heavy atom. The van der Waals surface area contributed by atoms with E-state index in [0.717, 1.165) is 18.5 Å². The van der Waals surface area contributed by atoms with Gasteiger partial charge in [-0.3, -0.25) is 4.98 Å². The fourth-order valence-corrected chi connectivity index (χ4v) is 2.37. The van der Waals surface area contributed by atoms with Crippen LogP contribution in [0.4, 0.5) is 0 Å². The summed E-state index contributed by atoms with van der Waals surface area (Å²) in [6.45, 7) is 5.40. The second kappa shape index (κ2) is 4.75. The number of rotatable bonds is 3. The standard InChI is InChI=1S/C13H20N2/c1-10-3-4-13(6-10)15-9-12-5-11(2)7-14-8-12/h5,7-8,10,13,15H,3-4,6,9H2,1-2H3. The van der Waals surface area contributed by atoms with E-state index in [4.69, 9.17) is 0 Å². The van der Waals surface area contributed by atoms with Crippen molar-refractivity contribution < 1.29 is 0 Å². The summed E-state index contributed by atoms with van der Waals surface area (Å²) in [4.78, 5) is 4.20. The molecule has 1 aromatic rings. The van der Waals surface area contributed by atoms with Crippen LogP contribution in [0.1, 0.15) is 37.3 Å². The molecule has 2 atom stereocenters. The maximum Gasteiger partial charge on any atom is 0.0313 e. The first-order valence-corrected chi connectivity index (χ1v) is 5.88. The third-order valence-electron chi connectivity index (χ3n) is 3.22. The van der Waals surface area contributed by atoms with Gasteiger partial charge in [0.15, 0.2) is 0 Å². The third-order valence-corrected chi connectivity index (χ3v) is 3.22. The number of pyridine rings is 1. The monoisotopic (exact) mass is 204 g/mol. The van der Waals surface area contributed by atoms with E-state index in [1.54, 1.807) is 0 Å². The molecule has 1 aromatic heterocycles. The van der Waals surface area contributed by atoms with Gasteiger partial charge >= 0.3 is 0 Å². The van der Waals surface area contributed by atoms with Crippen LogP contribution in [0.25, 0.3) is 0 Å². The molecule has 2 unspecified atom stereocenters. The Kier molecular flexibility index (Phi) is 3.37. The highest BCUT2D eigenvalue weighted by Gasteiger charge is 2.20. The van der Waals surface area contributed by atoms with Crippen LogP contribution in [0.15, 0.2) is 18.5 Å². The summed E-state index contributed by atoms with van der Waals surface area (Å²) in [5, 5.41) is 3.62. The highest BCUT2D eigenvalue weighted by atomic mass is 14.9. The lowest BCUT2D eigenvalue weighted by molar-refractivity contribution is 0.502. The van der Waals surface area contributed by atoms with Gasteiger partial charge in [0.1, 0.15) is 0 Å². The second-order valence-electron chi connectivity index (χ2n) is 4.87. The SMILES string of the molecule is Cc1cncc(CNC2CCC(C)C2)c1. The number of aryl methyl sites for hydroxylation is 1. The van der Waals surface area contributed by atoms with Crippen LogP contribution < -0.4 is 5.32 Å². The molecule has 1 N–H and O–H groups in total. The van der Waals surface area contributed by atoms with E-state index >= 15 is 0 Å². The molecular weight excluding hydrogens is 184 g/mol. The van der Waals surface area contributed by atoms with Crippen LogP contribution in [0.3, 0.4) is 0 Å². The molecular formula is C13H20N2. The topological polar surface area (TPSA) is 24.9 Å². The third kappa shape index (κ3) is 3.03. The van der Waals surface area contributed by atoms with Gasteiger partial charge in [0.25, 0.3) is 0 Å². The van der Waals surface area contributed by atoms with Crippen molar-refractivity contribution in [3.8, 4) is 0 Å². The van der Waals surface area contributed by atoms with Gasteiger partial charge in [-0.15, -0.1) is 0 Å². The highest BCUT2D eigenvalue weighted by Crippen LogP contribution is 2.24. The van der Waals surface area contributed by atoms with Crippen molar-refractivity contribution in [3.63, 3.8) is 0 Å². The molecule has 0 saturated heterocycles. The Morgan fingerprint density at radius 2 is 2.27 bits per heavy atom. The van der Waals surface area contributed by atoms with Crippen LogP contribution in [0, 0.1) is 12.8 Å². The molecule has 0 spiro atoms. The fourth-order valence-electron chi connectivity index (χ4n) is 2.37. The molecule has 0 bridgehead atoms. The largest absolute Gasteiger partial charge is 0.310 e. The average molecular weight is 204 g/mol. The van der Waals surface area contributed by atoms with Crippen LogP contribution in [-0.4, -0.2) is 11.0 Å². The summed E-state index contributed by atoms with van der Waals surface area (Å²) in [5.74, 6) is 0.901. The minimum absolute atomic E-state index is 0.723. The molecule has 0 radical (unpaired) electrons. The molecule has 1 saturated carbocycles. The van der Waals surface area contributed by atoms with Gasteiger partial charge in [-0.05, 0) is 43.2 Å². The van der Waals surface area contributed by atoms with Crippen molar-refractivity contribution in [2.24, 2.45) is 5.92 Å². The lowest BCUT2D eigenvalue weighted by atomic mass is 10.1. The van der Waals surface area contributed by atoms with Gasteiger partial charge in [-0.2, -0.15) is 0 Å². The van der Waals surface area contributed by atoms with E-state index in [2.05, 4.69) is 30.2 Å². The molecule has 0 aliphatic heterocycles. The highest BCUT2D eigenvalue weighted by molar-refractivity contribution is 5.16. The van der Waals surface area contributed by atoms with Crippen molar-refractivity contribution in [2.75, 3.05) is 0 Å². The Labute approximate surface area is 92.1 Å². The van der Waals surface area contributed by atoms with E-state index in [0.29, 0.717) is 0 Å². The maximum atomic E-state index is 4.20. The van der Waals surface area contributed by atoms with Crippen molar-refractivity contribution in [1.29, 1.82) is 0 Å². The van der Waals surface area contributed by atoms with Crippen molar-refractivity contribution in [3.05, 3.63) is 29.6 Å². The zero-order chi connectivity index (χ0) is 10.7. The normalized spacial score (nSPS) is 25.7. The Hall–Kier alpha value is -0.890. The average Bonchev–Trinajstić information content (AvgIpc) is 2.62. The minimum atomic E-state index is 0.723. The number of nitrogens with one attached hydrogen (secondary N) is 1. The minimum Gasteiger partial charge on any atom is -0.310 e. The Morgan fingerprint density at radius 3 is 2.93 bits per heavy atom. The fraction of sp³-hybridized carbons (Fsp3) is 0.615. The second-order valence-corrected chi connectivity index (χ2v) is 4.87. The van der Waals surface area contributed by atoms with E-state index in [1.807, 2.05) is 12.4 Å². The van der Waals surface area contributed by atoms with E-state index < -0.39 is 0 Å². The molecule has 0 amide bonds. The molecule has 0 aromatic carbocycles. The summed E-state index contributed by atoms with van der Waals surface area (Å²) < 4.78 is 0. The molecule has 2 rings (SSSR count). The first-order chi connectivity index (χ1) is 7.24. The maximum absolute atomic E-state index is 4.20. The van der Waals surface area contributed by atoms with Crippen LogP contribution in [0.5, 0.6) is 0 Å². The van der Waals surface area contributed by atoms with Crippen molar-refractivity contribution in [2.45, 2.75) is 45.7 Å². The summed E-state index contributed by atoms with van der Waals surface area (Å²) in [5.41, 5.74) is 2.55. The first kappa shape index (κ1) is 10.6. The number of nitrogens with zero attached hydrogens (tertiary/aromatic N) is 1. The lowest BCUT2D eigenvalue weighted by Crippen LogP contribution is -2.25. The van der Waals surface area contributed by atoms with Gasteiger partial charge in [0.2, 0.25) is 0 Å². The summed E-state index contributed by atoms with van der Waals surface area (Å²) >= 11 is 0. The number of aromatic nitrogens is 1. The van der Waals surface area contributed by atoms with Crippen molar-refractivity contribution in [1.82, 2.24) is 10.3 Å². The zero-order valence-electron chi connectivity index (χ0n) is 9.66. The quantitative estimate of drug-likeness (QED) is 0.818. The predicted molar refractivity (Wildman–Crippen MR) is 62.6 cm³/mol. The molecule has 2 heteroatoms. The Balaban J connectivity index is 1.83. The smallest absolute Gasteiger partial charge is 0.0313 e. The van der Waals surface area contributed by atoms with E-state index in [1.165, 1.54) is 30.4 Å². The van der Waals surface area contributed by atoms with Crippen LogP contribution in [0.2, 0.25) is 0 Å². The molecule has 1 aliphatic rings. The molecule has 1 aliphatic carbocycles. The predicted octanol–water partition coefficient (Wildman–Crippen LogP) is 2.67. The summed E-state index contributed by atoms with van der Waals surface area (Å²) in [6, 6.07) is 2.93. The van der Waals surface area contributed by atoms with Crippen LogP contribution in [-0.2, 0) is 6.54 Å². The van der Waals surface area contributed by atoms with Gasteiger partial charge in [0.05, 0.1) is 0 Å². The van der Waals surface area contributed by atoms with E-state index in [9.17, 15) is 0 Å². The molecule has 1 heterocycles. The van der Waals surface area contributed by atoms with E-state index in [-0.39, 0.29) is 0 Å². The zero-order valence-corrected chi connectivity index (χ0v) is 9.66. The van der Waals surface area contributed by atoms with Crippen molar-refractivity contribution >= 4 is 0 Å². The van der Waals surface area contributed by atoms with Gasteiger partial charge in [-0.25, -0.2) is 0 Å². The molecule has 15 heavy (non-hydrogen) atoms. The molecule has 2 nitrogen and oxygen atoms in total. The lowest BCUT2D eigenvalue weighted by Gasteiger charge is -2.12. The summed E-state index contributed by atoms with van der Waals surface area (Å²) in [6.07, 6.45) is 7.91. The molecule has 82 valence electrons. The molecule has 1 fully saturated rings. The van der Waals surface area contributed by atoms with Gasteiger partial charge in [-0.1, -0.05) is 13.0 Å². The number of hydrogen-bond donors (Lipinski definition) is 1. The summed E-state index contributed by atoms with van der Waals surface area (Å²) in [7, 11) is 0. The number of hydrogen-bond acceptors (Lipinski definition) is 2. The van der Waals surface area contributed by atoms with Crippen LogP contribution >= 0.6 is 0 Å². The van der Waals surface area contributed by atoms with Gasteiger partial charge in [0, 0.05) is 25.0 Å². The van der Waals surface area contributed by atoms with Gasteiger partial charge < -0.3 is 5.32 Å². The Bertz CT molecular complexity index is 322. The first-order valence-electron chi connectivity index (χ1n) is 5.88.